The molecule has 0 aromatic heterocycles. The molecule has 0 saturated carbocycles. The number of carbonyl (C=O) groups excluding carboxylic acids is 4. The summed E-state index contributed by atoms with van der Waals surface area (Å²) in [6.07, 6.45) is 0.159. The highest BCUT2D eigenvalue weighted by Crippen LogP contribution is 2.27. The Hall–Kier alpha value is -3.75. The maximum atomic E-state index is 14.4. The van der Waals surface area contributed by atoms with Gasteiger partial charge in [0.25, 0.3) is 5.91 Å². The van der Waals surface area contributed by atoms with Crippen molar-refractivity contribution in [3.05, 3.63) is 59.4 Å². The third-order valence-corrected chi connectivity index (χ3v) is 4.97. The number of Topliss-reactive ketones (excluding diaryl/α,β-unsaturated/α-hetero) is 1. The van der Waals surface area contributed by atoms with Crippen molar-refractivity contribution in [3.63, 3.8) is 0 Å². The fourth-order valence-corrected chi connectivity index (χ4v) is 3.49. The third-order valence-electron chi connectivity index (χ3n) is 4.97. The number of benzene rings is 2. The molecular weight excluding hydrogens is 405 g/mol. The van der Waals surface area contributed by atoms with Crippen LogP contribution < -0.4 is 15.4 Å². The molecule has 8 nitrogen and oxygen atoms in total. The highest BCUT2D eigenvalue weighted by molar-refractivity contribution is 6.11. The zero-order chi connectivity index (χ0) is 22.8. The van der Waals surface area contributed by atoms with E-state index in [0.29, 0.717) is 11.3 Å². The number of urea groups is 1. The molecular formula is C22H22FN3O5. The Balaban J connectivity index is 1.77. The number of ether oxygens (including phenoxy) is 1. The maximum absolute atomic E-state index is 14.4. The SMILES string of the molecule is COc1ccccc1CC1(C)NC(=O)N(CC(=O)c2ccc(NC(C)=O)cc2F)C1=O. The van der Waals surface area contributed by atoms with Crippen molar-refractivity contribution in [3.8, 4) is 5.75 Å². The van der Waals surface area contributed by atoms with Crippen LogP contribution in [0.25, 0.3) is 0 Å². The molecule has 1 fully saturated rings. The number of hydrogen-bond donors (Lipinski definition) is 2. The summed E-state index contributed by atoms with van der Waals surface area (Å²) in [6.45, 7) is 2.23. The van der Waals surface area contributed by atoms with E-state index in [-0.39, 0.29) is 23.6 Å². The van der Waals surface area contributed by atoms with Crippen LogP contribution >= 0.6 is 0 Å². The first-order valence-electron chi connectivity index (χ1n) is 9.51. The van der Waals surface area contributed by atoms with Gasteiger partial charge in [-0.2, -0.15) is 0 Å². The van der Waals surface area contributed by atoms with Gasteiger partial charge in [-0.1, -0.05) is 18.2 Å². The Bertz CT molecular complexity index is 1070. The predicted octanol–water partition coefficient (Wildman–Crippen LogP) is 2.53. The maximum Gasteiger partial charge on any atom is 0.325 e. The minimum absolute atomic E-state index is 0.159. The summed E-state index contributed by atoms with van der Waals surface area (Å²) in [5.41, 5.74) is -0.650. The molecule has 1 saturated heterocycles. The van der Waals surface area contributed by atoms with Crippen molar-refractivity contribution < 1.29 is 28.3 Å². The van der Waals surface area contributed by atoms with Gasteiger partial charge in [0.2, 0.25) is 5.91 Å². The van der Waals surface area contributed by atoms with Gasteiger partial charge >= 0.3 is 6.03 Å². The van der Waals surface area contributed by atoms with Crippen LogP contribution in [0.1, 0.15) is 29.8 Å². The van der Waals surface area contributed by atoms with Gasteiger partial charge in [-0.25, -0.2) is 9.18 Å². The number of nitrogens with one attached hydrogen (secondary N) is 2. The first kappa shape index (κ1) is 21.9. The van der Waals surface area contributed by atoms with Gasteiger partial charge in [-0.05, 0) is 36.8 Å². The summed E-state index contributed by atoms with van der Waals surface area (Å²) in [5, 5.41) is 5.03. The summed E-state index contributed by atoms with van der Waals surface area (Å²) in [5.74, 6) is -2.00. The lowest BCUT2D eigenvalue weighted by Crippen LogP contribution is -2.46. The largest absolute Gasteiger partial charge is 0.496 e. The molecule has 2 aromatic rings. The molecule has 3 rings (SSSR count). The number of para-hydroxylation sites is 1. The number of carbonyl (C=O) groups is 4. The highest BCUT2D eigenvalue weighted by atomic mass is 19.1. The number of methoxy groups -OCH3 is 1. The molecule has 1 aliphatic rings. The minimum Gasteiger partial charge on any atom is -0.496 e. The van der Waals surface area contributed by atoms with Crippen LogP contribution in [0.3, 0.4) is 0 Å². The number of rotatable bonds is 7. The number of halogens is 1. The van der Waals surface area contributed by atoms with Crippen molar-refractivity contribution in [2.45, 2.75) is 25.8 Å². The van der Waals surface area contributed by atoms with E-state index in [9.17, 15) is 23.6 Å². The van der Waals surface area contributed by atoms with Gasteiger partial charge in [0.15, 0.2) is 5.78 Å². The van der Waals surface area contributed by atoms with E-state index in [2.05, 4.69) is 10.6 Å². The summed E-state index contributed by atoms with van der Waals surface area (Å²) < 4.78 is 19.7. The van der Waals surface area contributed by atoms with E-state index in [4.69, 9.17) is 4.74 Å². The standard InChI is InChI=1S/C22H22FN3O5/c1-13(27)24-15-8-9-16(17(23)10-15)18(28)12-26-20(29)22(2,25-21(26)30)11-14-6-4-5-7-19(14)31-3/h4-10H,11-12H2,1-3H3,(H,24,27)(H,25,30). The summed E-state index contributed by atoms with van der Waals surface area (Å²) in [6, 6.07) is 9.95. The van der Waals surface area contributed by atoms with Gasteiger partial charge in [0.1, 0.15) is 17.1 Å². The first-order chi connectivity index (χ1) is 14.6. The Morgan fingerprint density at radius 3 is 2.55 bits per heavy atom. The van der Waals surface area contributed by atoms with E-state index in [1.807, 2.05) is 0 Å². The minimum atomic E-state index is -1.28. The molecule has 1 heterocycles. The molecule has 1 unspecified atom stereocenters. The number of ketones is 1. The van der Waals surface area contributed by atoms with Crippen LogP contribution in [-0.4, -0.2) is 47.7 Å². The Morgan fingerprint density at radius 1 is 1.19 bits per heavy atom. The van der Waals surface area contributed by atoms with E-state index < -0.39 is 35.6 Å². The molecule has 0 aliphatic carbocycles. The summed E-state index contributed by atoms with van der Waals surface area (Å²) in [4.78, 5) is 49.9. The summed E-state index contributed by atoms with van der Waals surface area (Å²) >= 11 is 0. The van der Waals surface area contributed by atoms with E-state index in [0.717, 1.165) is 11.0 Å². The third kappa shape index (κ3) is 4.55. The Labute approximate surface area is 178 Å². The molecule has 9 heteroatoms. The van der Waals surface area contributed by atoms with Crippen LogP contribution in [0.5, 0.6) is 5.75 Å². The fraction of sp³-hybridized carbons (Fsp3) is 0.273. The molecule has 31 heavy (non-hydrogen) atoms. The van der Waals surface area contributed by atoms with Gasteiger partial charge < -0.3 is 15.4 Å². The smallest absolute Gasteiger partial charge is 0.325 e. The molecule has 4 amide bonds. The number of nitrogens with zero attached hydrogens (tertiary/aromatic N) is 1. The van der Waals surface area contributed by atoms with Gasteiger partial charge in [-0.3, -0.25) is 19.3 Å². The zero-order valence-corrected chi connectivity index (χ0v) is 17.3. The molecule has 2 N–H and O–H groups in total. The lowest BCUT2D eigenvalue weighted by molar-refractivity contribution is -0.130. The quantitative estimate of drug-likeness (QED) is 0.522. The second kappa shape index (κ2) is 8.55. The Morgan fingerprint density at radius 2 is 1.90 bits per heavy atom. The second-order valence-corrected chi connectivity index (χ2v) is 7.44. The lowest BCUT2D eigenvalue weighted by Gasteiger charge is -2.22. The zero-order valence-electron chi connectivity index (χ0n) is 17.3. The Kier molecular flexibility index (Phi) is 6.05. The highest BCUT2D eigenvalue weighted by Gasteiger charge is 2.48. The second-order valence-electron chi connectivity index (χ2n) is 7.44. The van der Waals surface area contributed by atoms with Crippen LogP contribution in [0, 0.1) is 5.82 Å². The summed E-state index contributed by atoms with van der Waals surface area (Å²) in [7, 11) is 1.51. The fourth-order valence-electron chi connectivity index (χ4n) is 3.49. The van der Waals surface area contributed by atoms with Gasteiger partial charge in [0, 0.05) is 19.0 Å². The molecule has 162 valence electrons. The monoisotopic (exact) mass is 427 g/mol. The van der Waals surface area contributed by atoms with Crippen LogP contribution in [0.15, 0.2) is 42.5 Å². The van der Waals surface area contributed by atoms with Gasteiger partial charge in [0.05, 0.1) is 19.2 Å². The number of imide groups is 1. The predicted molar refractivity (Wildman–Crippen MR) is 110 cm³/mol. The van der Waals surface area contributed by atoms with Crippen molar-refractivity contribution >= 4 is 29.3 Å². The molecule has 0 radical (unpaired) electrons. The molecule has 0 bridgehead atoms. The number of hydrogen-bond acceptors (Lipinski definition) is 5. The van der Waals surface area contributed by atoms with Gasteiger partial charge in [-0.15, -0.1) is 0 Å². The number of amides is 4. The van der Waals surface area contributed by atoms with Crippen molar-refractivity contribution in [2.75, 3.05) is 19.0 Å². The lowest BCUT2D eigenvalue weighted by atomic mass is 9.92. The average molecular weight is 427 g/mol. The van der Waals surface area contributed by atoms with Crippen molar-refractivity contribution in [1.29, 1.82) is 0 Å². The van der Waals surface area contributed by atoms with Crippen LogP contribution in [0.4, 0.5) is 14.9 Å². The normalized spacial score (nSPS) is 18.0. The topological polar surface area (TPSA) is 105 Å². The van der Waals surface area contributed by atoms with Crippen LogP contribution in [-0.2, 0) is 16.0 Å². The van der Waals surface area contributed by atoms with E-state index >= 15 is 0 Å². The number of anilines is 1. The average Bonchev–Trinajstić information content (AvgIpc) is 2.90. The van der Waals surface area contributed by atoms with Crippen LogP contribution in [0.2, 0.25) is 0 Å². The first-order valence-corrected chi connectivity index (χ1v) is 9.51. The van der Waals surface area contributed by atoms with E-state index in [1.54, 1.807) is 31.2 Å². The molecule has 1 aliphatic heterocycles. The van der Waals surface area contributed by atoms with Crippen molar-refractivity contribution in [2.24, 2.45) is 0 Å². The molecule has 1 atom stereocenters. The van der Waals surface area contributed by atoms with Crippen molar-refractivity contribution in [1.82, 2.24) is 10.2 Å². The molecule has 0 spiro atoms. The molecule has 2 aromatic carbocycles. The van der Waals surface area contributed by atoms with E-state index in [1.165, 1.54) is 26.2 Å².